The van der Waals surface area contributed by atoms with Crippen molar-refractivity contribution in [1.29, 1.82) is 0 Å². The predicted octanol–water partition coefficient (Wildman–Crippen LogP) is 5.75. The van der Waals surface area contributed by atoms with Gasteiger partial charge in [-0.15, -0.1) is 0 Å². The quantitative estimate of drug-likeness (QED) is 0.665. The largest absolute Gasteiger partial charge is 0.497 e. The van der Waals surface area contributed by atoms with Gasteiger partial charge in [0, 0.05) is 16.8 Å². The Morgan fingerprint density at radius 1 is 0.750 bits per heavy atom. The molecule has 3 aromatic carbocycles. The third kappa shape index (κ3) is 2.26. The molecule has 0 saturated carbocycles. The van der Waals surface area contributed by atoms with E-state index >= 15 is 0 Å². The van der Waals surface area contributed by atoms with Gasteiger partial charge in [-0.2, -0.15) is 0 Å². The van der Waals surface area contributed by atoms with E-state index in [2.05, 4.69) is 61.6 Å². The zero-order chi connectivity index (χ0) is 16.7. The lowest BCUT2D eigenvalue weighted by molar-refractivity contribution is 0.415. The molecule has 0 unspecified atom stereocenters. The molecule has 24 heavy (non-hydrogen) atoms. The maximum absolute atomic E-state index is 5.21. The number of anilines is 2. The van der Waals surface area contributed by atoms with Crippen LogP contribution in [-0.2, 0) is 5.41 Å². The molecule has 2 heteroatoms. The minimum atomic E-state index is 0.0601. The molecule has 0 heterocycles. The van der Waals surface area contributed by atoms with E-state index in [9.17, 15) is 0 Å². The van der Waals surface area contributed by atoms with E-state index in [1.54, 1.807) is 7.11 Å². The molecule has 0 bridgehead atoms. The number of benzene rings is 3. The van der Waals surface area contributed by atoms with Crippen molar-refractivity contribution in [1.82, 2.24) is 0 Å². The molecular weight excluding hydrogens is 294 g/mol. The number of methoxy groups -OCH3 is 1. The predicted molar refractivity (Wildman–Crippen MR) is 100 cm³/mol. The highest BCUT2D eigenvalue weighted by Crippen LogP contribution is 2.49. The number of ether oxygens (including phenoxy) is 1. The summed E-state index contributed by atoms with van der Waals surface area (Å²) in [7, 11) is 1.68. The summed E-state index contributed by atoms with van der Waals surface area (Å²) >= 11 is 0. The molecule has 1 N–H and O–H groups in total. The van der Waals surface area contributed by atoms with Crippen LogP contribution in [0.2, 0.25) is 0 Å². The number of fused-ring (bicyclic) bond motifs is 3. The first-order valence-electron chi connectivity index (χ1n) is 8.25. The molecule has 0 atom stereocenters. The topological polar surface area (TPSA) is 21.3 Å². The summed E-state index contributed by atoms with van der Waals surface area (Å²) in [5, 5.41) is 3.49. The maximum atomic E-state index is 5.21. The van der Waals surface area contributed by atoms with Crippen LogP contribution in [0.15, 0.2) is 66.7 Å². The van der Waals surface area contributed by atoms with Gasteiger partial charge >= 0.3 is 0 Å². The van der Waals surface area contributed by atoms with Crippen molar-refractivity contribution in [2.24, 2.45) is 0 Å². The standard InChI is InChI=1S/C22H21NO/c1-22(2)20-7-5-4-6-18(20)19-14-16(10-13-21(19)22)23-15-8-11-17(24-3)12-9-15/h4-14,23H,1-3H3. The van der Waals surface area contributed by atoms with Crippen molar-refractivity contribution in [3.05, 3.63) is 77.9 Å². The maximum Gasteiger partial charge on any atom is 0.119 e. The Morgan fingerprint density at radius 3 is 2.17 bits per heavy atom. The lowest BCUT2D eigenvalue weighted by Gasteiger charge is -2.21. The monoisotopic (exact) mass is 315 g/mol. The van der Waals surface area contributed by atoms with Crippen LogP contribution >= 0.6 is 0 Å². The van der Waals surface area contributed by atoms with E-state index < -0.39 is 0 Å². The third-order valence-corrected chi connectivity index (χ3v) is 4.96. The second kappa shape index (κ2) is 5.41. The lowest BCUT2D eigenvalue weighted by atomic mass is 9.82. The van der Waals surface area contributed by atoms with E-state index in [-0.39, 0.29) is 5.41 Å². The number of rotatable bonds is 3. The molecule has 0 amide bonds. The SMILES string of the molecule is COc1ccc(Nc2ccc3c(c2)-c2ccccc2C3(C)C)cc1. The molecule has 1 aliphatic rings. The van der Waals surface area contributed by atoms with E-state index in [0.29, 0.717) is 0 Å². The number of hydrogen-bond donors (Lipinski definition) is 1. The molecule has 2 nitrogen and oxygen atoms in total. The smallest absolute Gasteiger partial charge is 0.119 e. The first-order chi connectivity index (χ1) is 11.6. The van der Waals surface area contributed by atoms with Gasteiger partial charge in [0.2, 0.25) is 0 Å². The van der Waals surface area contributed by atoms with Crippen molar-refractivity contribution >= 4 is 11.4 Å². The van der Waals surface area contributed by atoms with Crippen molar-refractivity contribution in [3.8, 4) is 16.9 Å². The molecule has 120 valence electrons. The van der Waals surface area contributed by atoms with Crippen LogP contribution in [0.1, 0.15) is 25.0 Å². The van der Waals surface area contributed by atoms with Gasteiger partial charge < -0.3 is 10.1 Å². The van der Waals surface area contributed by atoms with Crippen molar-refractivity contribution < 1.29 is 4.74 Å². The summed E-state index contributed by atoms with van der Waals surface area (Å²) in [4.78, 5) is 0. The Morgan fingerprint density at radius 2 is 1.42 bits per heavy atom. The van der Waals surface area contributed by atoms with Crippen molar-refractivity contribution in [2.75, 3.05) is 12.4 Å². The normalized spacial score (nSPS) is 14.0. The van der Waals surface area contributed by atoms with Gasteiger partial charge in [-0.05, 0) is 58.7 Å². The van der Waals surface area contributed by atoms with E-state index in [1.807, 2.05) is 24.3 Å². The highest BCUT2D eigenvalue weighted by molar-refractivity contribution is 5.83. The van der Waals surface area contributed by atoms with E-state index in [1.165, 1.54) is 22.3 Å². The third-order valence-electron chi connectivity index (χ3n) is 4.96. The van der Waals surface area contributed by atoms with Gasteiger partial charge in [0.1, 0.15) is 5.75 Å². The Balaban J connectivity index is 1.72. The van der Waals surface area contributed by atoms with Crippen molar-refractivity contribution in [3.63, 3.8) is 0 Å². The molecular formula is C22H21NO. The van der Waals surface area contributed by atoms with Crippen LogP contribution in [0.5, 0.6) is 5.75 Å². The molecule has 0 fully saturated rings. The fraction of sp³-hybridized carbons (Fsp3) is 0.182. The van der Waals surface area contributed by atoms with Crippen LogP contribution in [0.25, 0.3) is 11.1 Å². The molecule has 0 spiro atoms. The van der Waals surface area contributed by atoms with Gasteiger partial charge in [0.15, 0.2) is 0 Å². The second-order valence-electron chi connectivity index (χ2n) is 6.78. The summed E-state index contributed by atoms with van der Waals surface area (Å²) < 4.78 is 5.21. The minimum absolute atomic E-state index is 0.0601. The summed E-state index contributed by atoms with van der Waals surface area (Å²) in [5.41, 5.74) is 7.69. The number of nitrogens with one attached hydrogen (secondary N) is 1. The van der Waals surface area contributed by atoms with Gasteiger partial charge in [-0.1, -0.05) is 44.2 Å². The fourth-order valence-electron chi connectivity index (χ4n) is 3.64. The highest BCUT2D eigenvalue weighted by atomic mass is 16.5. The van der Waals surface area contributed by atoms with E-state index in [4.69, 9.17) is 4.74 Å². The van der Waals surface area contributed by atoms with Crippen LogP contribution in [-0.4, -0.2) is 7.11 Å². The van der Waals surface area contributed by atoms with Gasteiger partial charge in [0.25, 0.3) is 0 Å². The van der Waals surface area contributed by atoms with Crippen molar-refractivity contribution in [2.45, 2.75) is 19.3 Å². The van der Waals surface area contributed by atoms with Crippen LogP contribution < -0.4 is 10.1 Å². The van der Waals surface area contributed by atoms with Gasteiger partial charge in [-0.3, -0.25) is 0 Å². The molecule has 0 radical (unpaired) electrons. The average Bonchev–Trinajstić information content (AvgIpc) is 2.84. The van der Waals surface area contributed by atoms with Gasteiger partial charge in [-0.25, -0.2) is 0 Å². The van der Waals surface area contributed by atoms with Gasteiger partial charge in [0.05, 0.1) is 7.11 Å². The van der Waals surface area contributed by atoms with Crippen LogP contribution in [0.4, 0.5) is 11.4 Å². The summed E-state index contributed by atoms with van der Waals surface area (Å²) in [6.45, 7) is 4.60. The molecule has 1 aliphatic carbocycles. The Kier molecular flexibility index (Phi) is 3.34. The molecule has 4 rings (SSSR count). The number of hydrogen-bond acceptors (Lipinski definition) is 2. The fourth-order valence-corrected chi connectivity index (χ4v) is 3.64. The first-order valence-corrected chi connectivity index (χ1v) is 8.25. The highest BCUT2D eigenvalue weighted by Gasteiger charge is 2.34. The summed E-state index contributed by atoms with van der Waals surface area (Å²) in [6.07, 6.45) is 0. The average molecular weight is 315 g/mol. The Bertz CT molecular complexity index is 894. The van der Waals surface area contributed by atoms with Crippen LogP contribution in [0.3, 0.4) is 0 Å². The lowest BCUT2D eigenvalue weighted by Crippen LogP contribution is -2.14. The summed E-state index contributed by atoms with van der Waals surface area (Å²) in [6, 6.07) is 23.4. The zero-order valence-electron chi connectivity index (χ0n) is 14.3. The Hall–Kier alpha value is -2.74. The molecule has 3 aromatic rings. The minimum Gasteiger partial charge on any atom is -0.497 e. The van der Waals surface area contributed by atoms with E-state index in [0.717, 1.165) is 17.1 Å². The first kappa shape index (κ1) is 14.8. The molecule has 0 aliphatic heterocycles. The second-order valence-corrected chi connectivity index (χ2v) is 6.78. The Labute approximate surface area is 143 Å². The summed E-state index contributed by atoms with van der Waals surface area (Å²) in [5.74, 6) is 0.866. The molecule has 0 aromatic heterocycles. The van der Waals surface area contributed by atoms with Crippen LogP contribution in [0, 0.1) is 0 Å². The zero-order valence-corrected chi connectivity index (χ0v) is 14.3. The molecule has 0 saturated heterocycles.